The maximum atomic E-state index is 7.42. The van der Waals surface area contributed by atoms with Gasteiger partial charge in [0.15, 0.2) is 5.82 Å². The van der Waals surface area contributed by atoms with Crippen molar-refractivity contribution in [3.8, 4) is 67.3 Å². The molecule has 0 saturated heterocycles. The number of hydrogen-bond acceptors (Lipinski definition) is 2. The number of benzene rings is 8. The molecule has 0 N–H and O–H groups in total. The van der Waals surface area contributed by atoms with E-state index in [1.54, 1.807) is 0 Å². The normalized spacial score (nSPS) is 13.1. The van der Waals surface area contributed by atoms with Gasteiger partial charge < -0.3 is 0 Å². The minimum Gasteiger partial charge on any atom is -0.228 e. The van der Waals surface area contributed by atoms with Crippen LogP contribution in [0, 0.1) is 0 Å². The summed E-state index contributed by atoms with van der Waals surface area (Å²) in [5.41, 5.74) is 4.66. The second-order valence-electron chi connectivity index (χ2n) is 17.4. The summed E-state index contributed by atoms with van der Waals surface area (Å²) in [4.78, 5) is 10.3. The minimum atomic E-state index is -2.44. The lowest BCUT2D eigenvalue weighted by atomic mass is 9.17. The number of nitrogens with zero attached hydrogens (tertiary/aromatic N) is 2. The third-order valence-electron chi connectivity index (χ3n) is 13.4. The molecule has 10 rings (SSSR count). The fourth-order valence-corrected chi connectivity index (χ4v) is 10.3. The smallest absolute Gasteiger partial charge is 0.160 e. The fourth-order valence-electron chi connectivity index (χ4n) is 10.3. The van der Waals surface area contributed by atoms with Crippen molar-refractivity contribution in [2.75, 3.05) is 0 Å². The highest BCUT2D eigenvalue weighted by Gasteiger charge is 2.57. The zero-order valence-electron chi connectivity index (χ0n) is 36.7. The Kier molecular flexibility index (Phi) is 11.2. The lowest BCUT2D eigenvalue weighted by Gasteiger charge is -2.57. The van der Waals surface area contributed by atoms with Crippen molar-refractivity contribution in [1.82, 2.24) is 9.97 Å². The summed E-state index contributed by atoms with van der Waals surface area (Å²) in [5.74, 6) is 0.537. The fraction of sp³-hybridized carbons (Fsp3) is 0.0588. The molecular weight excluding hydrogens is 803 g/mol. The van der Waals surface area contributed by atoms with E-state index in [-0.39, 0.29) is 87.8 Å². The zero-order valence-corrected chi connectivity index (χ0v) is 36.7. The first-order valence-corrected chi connectivity index (χ1v) is 21.4. The van der Waals surface area contributed by atoms with Crippen molar-refractivity contribution in [3.63, 3.8) is 0 Å². The van der Waals surface area contributed by atoms with Gasteiger partial charge >= 0.3 is 0 Å². The van der Waals surface area contributed by atoms with Crippen molar-refractivity contribution < 1.29 is 0 Å². The molecule has 0 bridgehead atoms. The van der Waals surface area contributed by atoms with Gasteiger partial charge in [-0.2, -0.15) is 0 Å². The average molecular weight is 824 g/mol. The average Bonchev–Trinajstić information content (AvgIpc) is 3.69. The molecule has 0 unspecified atom stereocenters. The maximum Gasteiger partial charge on any atom is 0.160 e. The maximum absolute atomic E-state index is 7.42. The topological polar surface area (TPSA) is 25.8 Å². The van der Waals surface area contributed by atoms with E-state index >= 15 is 0 Å². The lowest BCUT2D eigenvalue weighted by Crippen LogP contribution is -2.57. The van der Waals surface area contributed by atoms with Crippen LogP contribution < -0.4 is 49.2 Å². The Hall–Kier alpha value is -5.67. The number of hydrogen-bond donors (Lipinski definition) is 0. The van der Waals surface area contributed by atoms with E-state index in [0.29, 0.717) is 22.5 Å². The highest BCUT2D eigenvalue weighted by molar-refractivity contribution is 6.72. The van der Waals surface area contributed by atoms with E-state index in [9.17, 15) is 0 Å². The molecule has 1 aromatic heterocycles. The van der Waals surface area contributed by atoms with Crippen molar-refractivity contribution in [2.45, 2.75) is 15.6 Å². The SMILES string of the molecule is [B]c1c([B])c2c(c([B])c1-c1ccc(-c3cc(-c4cccc(-c5ccccc5)c4)nc(-c4ccccc4)n3)c3ccccc13)C(C([B])([B])[B])(C([B])([B])[B])c1c-2c([B])c2c([B])c([B])c([B])c([B])c2c1[B]. The van der Waals surface area contributed by atoms with Gasteiger partial charge in [0.2, 0.25) is 0 Å². The molecule has 0 saturated carbocycles. The van der Waals surface area contributed by atoms with E-state index in [2.05, 4.69) is 24.3 Å². The molecule has 68 heavy (non-hydrogen) atoms. The first-order valence-electron chi connectivity index (χ1n) is 21.4. The number of fused-ring (bicyclic) bond motifs is 5. The van der Waals surface area contributed by atoms with Crippen molar-refractivity contribution in [3.05, 3.63) is 139 Å². The highest BCUT2D eigenvalue weighted by atomic mass is 14.9. The summed E-state index contributed by atoms with van der Waals surface area (Å²) in [6, 6.07) is 41.7. The molecule has 1 aliphatic carbocycles. The Balaban J connectivity index is 1.25. The van der Waals surface area contributed by atoms with Crippen LogP contribution in [0.3, 0.4) is 0 Å². The summed E-state index contributed by atoms with van der Waals surface area (Å²) in [5, 5.41) is -3.12. The summed E-state index contributed by atoms with van der Waals surface area (Å²) in [6.45, 7) is 0. The van der Waals surface area contributed by atoms with Crippen LogP contribution >= 0.6 is 0 Å². The third-order valence-corrected chi connectivity index (χ3v) is 13.4. The summed E-state index contributed by atoms with van der Waals surface area (Å²) in [6.07, 6.45) is 0. The van der Waals surface area contributed by atoms with E-state index in [1.807, 2.05) is 103 Å². The van der Waals surface area contributed by atoms with Crippen LogP contribution in [0.25, 0.3) is 88.8 Å². The van der Waals surface area contributed by atoms with E-state index in [1.165, 1.54) is 0 Å². The molecule has 1 heterocycles. The van der Waals surface area contributed by atoms with E-state index in [4.69, 9.17) is 128 Å². The van der Waals surface area contributed by atoms with Crippen molar-refractivity contribution in [1.29, 1.82) is 0 Å². The van der Waals surface area contributed by atoms with E-state index in [0.717, 1.165) is 38.9 Å². The lowest BCUT2D eigenvalue weighted by molar-refractivity contribution is 0.540. The molecule has 9 aromatic rings. The third kappa shape index (κ3) is 6.68. The Morgan fingerprint density at radius 2 is 0.794 bits per heavy atom. The second kappa shape index (κ2) is 16.5. The highest BCUT2D eigenvalue weighted by Crippen LogP contribution is 2.63. The van der Waals surface area contributed by atoms with Gasteiger partial charge in [-0.3, -0.25) is 0 Å². The molecule has 1 aliphatic rings. The van der Waals surface area contributed by atoms with Crippen LogP contribution in [0.5, 0.6) is 0 Å². The first-order chi connectivity index (χ1) is 32.3. The summed E-state index contributed by atoms with van der Waals surface area (Å²) < 4.78 is 0. The van der Waals surface area contributed by atoms with Crippen LogP contribution in [-0.4, -0.2) is 128 Å². The van der Waals surface area contributed by atoms with Gasteiger partial charge in [0.1, 0.15) is 70.6 Å². The molecule has 0 aliphatic heterocycles. The van der Waals surface area contributed by atoms with Gasteiger partial charge in [-0.1, -0.05) is 154 Å². The van der Waals surface area contributed by atoms with Crippen molar-refractivity contribution >= 4 is 188 Å². The Bertz CT molecular complexity index is 3570. The largest absolute Gasteiger partial charge is 0.228 e. The molecule has 8 aromatic carbocycles. The molecule has 30 radical (unpaired) electrons. The minimum absolute atomic E-state index is 0.00753. The first kappa shape index (κ1) is 46.1. The van der Waals surface area contributed by atoms with Gasteiger partial charge in [0, 0.05) is 16.7 Å². The monoisotopic (exact) mass is 826 g/mol. The molecule has 0 amide bonds. The van der Waals surface area contributed by atoms with Gasteiger partial charge in [-0.15, -0.1) is 21.2 Å². The standard InChI is InChI=1S/C51H21B15N2/c52-39-33-34-38(49(50(61,62)63,51(64,65)66)37(33)41(54)36-35(39)44(57)46(59)47(60)45(36)58)40(53)32(42(55)43(34)56)29-19-18-28(26-16-7-8-17-27(26)29)31-21-30(67-48(68-31)23-12-5-2-6-13-23)25-15-9-14-24(20-25)22-10-3-1-4-11-22/h1-21H. The molecule has 0 fully saturated rings. The van der Waals surface area contributed by atoms with Gasteiger partial charge in [0.05, 0.1) is 58.5 Å². The van der Waals surface area contributed by atoms with Gasteiger partial charge in [0.25, 0.3) is 0 Å². The number of rotatable bonds is 7. The number of aromatic nitrogens is 2. The van der Waals surface area contributed by atoms with Crippen molar-refractivity contribution in [2.24, 2.45) is 0 Å². The van der Waals surface area contributed by atoms with Crippen LogP contribution in [0.2, 0.25) is 10.2 Å². The summed E-state index contributed by atoms with van der Waals surface area (Å²) >= 11 is 0. The molecule has 0 spiro atoms. The molecule has 0 atom stereocenters. The van der Waals surface area contributed by atoms with Gasteiger partial charge in [-0.25, -0.2) is 9.97 Å². The Morgan fingerprint density at radius 1 is 0.338 bits per heavy atom. The van der Waals surface area contributed by atoms with Crippen LogP contribution in [0.15, 0.2) is 127 Å². The molecule has 280 valence electrons. The zero-order chi connectivity index (χ0) is 48.4. The predicted molar refractivity (Wildman–Crippen MR) is 299 cm³/mol. The Morgan fingerprint density at radius 3 is 1.40 bits per heavy atom. The summed E-state index contributed by atoms with van der Waals surface area (Å²) in [7, 11) is 103. The molecule has 2 nitrogen and oxygen atoms in total. The van der Waals surface area contributed by atoms with E-state index < -0.39 is 15.6 Å². The second-order valence-corrected chi connectivity index (χ2v) is 17.4. The van der Waals surface area contributed by atoms with Gasteiger partial charge in [-0.05, 0) is 83.6 Å². The molecule has 17 heteroatoms. The Labute approximate surface area is 417 Å². The van der Waals surface area contributed by atoms with Crippen LogP contribution in [0.4, 0.5) is 0 Å². The van der Waals surface area contributed by atoms with Crippen LogP contribution in [0.1, 0.15) is 11.1 Å². The quantitative estimate of drug-likeness (QED) is 0.207. The molecular formula is C51H21B15N2. The van der Waals surface area contributed by atoms with Crippen LogP contribution in [-0.2, 0) is 5.41 Å². The predicted octanol–water partition coefficient (Wildman–Crippen LogP) is -0.313.